The Labute approximate surface area is 101 Å². The van der Waals surface area contributed by atoms with Gasteiger partial charge in [-0.1, -0.05) is 13.8 Å². The summed E-state index contributed by atoms with van der Waals surface area (Å²) in [7, 11) is 2.08. The molecule has 16 heavy (non-hydrogen) atoms. The fourth-order valence-electron chi connectivity index (χ4n) is 3.22. The Morgan fingerprint density at radius 3 is 2.12 bits per heavy atom. The Hall–Kier alpha value is -0.0800. The van der Waals surface area contributed by atoms with Crippen molar-refractivity contribution >= 4 is 0 Å². The summed E-state index contributed by atoms with van der Waals surface area (Å²) in [5.74, 6) is 1.34. The predicted molar refractivity (Wildman–Crippen MR) is 69.7 cm³/mol. The quantitative estimate of drug-likeness (QED) is 0.796. The highest BCUT2D eigenvalue weighted by molar-refractivity contribution is 4.99. The van der Waals surface area contributed by atoms with Crippen LogP contribution in [0.2, 0.25) is 0 Å². The fraction of sp³-hybridized carbons (Fsp3) is 1.00. The van der Waals surface area contributed by atoms with Crippen molar-refractivity contribution in [2.75, 3.05) is 7.05 Å². The molecule has 1 saturated heterocycles. The second kappa shape index (κ2) is 4.66. The third kappa shape index (κ3) is 3.21. The van der Waals surface area contributed by atoms with Crippen LogP contribution in [0.15, 0.2) is 0 Å². The average Bonchev–Trinajstić information content (AvgIpc) is 2.29. The largest absolute Gasteiger partial charge is 0.369 e. The van der Waals surface area contributed by atoms with Gasteiger partial charge in [0, 0.05) is 12.0 Å². The van der Waals surface area contributed by atoms with Gasteiger partial charge in [-0.15, -0.1) is 0 Å². The minimum atomic E-state index is -0.00787. The molecule has 96 valence electrons. The van der Waals surface area contributed by atoms with Gasteiger partial charge in [-0.3, -0.25) is 0 Å². The van der Waals surface area contributed by atoms with E-state index in [2.05, 4.69) is 53.9 Å². The van der Waals surface area contributed by atoms with Crippen molar-refractivity contribution in [3.63, 3.8) is 0 Å². The summed E-state index contributed by atoms with van der Waals surface area (Å²) < 4.78 is 6.17. The average molecular weight is 227 g/mol. The monoisotopic (exact) mass is 227 g/mol. The normalized spacial score (nSPS) is 29.6. The molecule has 2 unspecified atom stereocenters. The van der Waals surface area contributed by atoms with E-state index < -0.39 is 0 Å². The van der Waals surface area contributed by atoms with Crippen LogP contribution < -0.4 is 5.32 Å². The van der Waals surface area contributed by atoms with Crippen molar-refractivity contribution < 1.29 is 4.74 Å². The first kappa shape index (κ1) is 14.0. The number of nitrogens with one attached hydrogen (secondary N) is 1. The molecule has 0 spiro atoms. The van der Waals surface area contributed by atoms with Crippen LogP contribution >= 0.6 is 0 Å². The summed E-state index contributed by atoms with van der Waals surface area (Å²) in [5, 5.41) is 3.49. The minimum absolute atomic E-state index is 0.00787. The van der Waals surface area contributed by atoms with Crippen molar-refractivity contribution in [1.29, 1.82) is 0 Å². The second-order valence-corrected chi connectivity index (χ2v) is 6.80. The summed E-state index contributed by atoms with van der Waals surface area (Å²) in [6.07, 6.45) is 2.38. The molecule has 2 heteroatoms. The molecule has 0 aromatic heterocycles. The molecule has 1 N–H and O–H groups in total. The molecule has 0 saturated carbocycles. The molecule has 2 atom stereocenters. The van der Waals surface area contributed by atoms with Crippen molar-refractivity contribution in [3.05, 3.63) is 0 Å². The van der Waals surface area contributed by atoms with Gasteiger partial charge in [-0.05, 0) is 53.5 Å². The van der Waals surface area contributed by atoms with E-state index in [0.717, 1.165) is 12.3 Å². The molecule has 1 fully saturated rings. The summed E-state index contributed by atoms with van der Waals surface area (Å²) in [5.41, 5.74) is 0.0202. The molecule has 0 aromatic rings. The second-order valence-electron chi connectivity index (χ2n) is 6.80. The van der Waals surface area contributed by atoms with E-state index in [1.165, 1.54) is 6.42 Å². The molecule has 1 aliphatic rings. The molecule has 0 bridgehead atoms. The zero-order valence-corrected chi connectivity index (χ0v) is 12.1. The highest BCUT2D eigenvalue weighted by Gasteiger charge is 2.48. The van der Waals surface area contributed by atoms with Crippen LogP contribution in [0.25, 0.3) is 0 Å². The van der Waals surface area contributed by atoms with Gasteiger partial charge in [-0.2, -0.15) is 0 Å². The maximum absolute atomic E-state index is 6.17. The molecule has 0 amide bonds. The Morgan fingerprint density at radius 2 is 1.81 bits per heavy atom. The first-order chi connectivity index (χ1) is 7.18. The maximum atomic E-state index is 6.17. The predicted octanol–water partition coefficient (Wildman–Crippen LogP) is 3.21. The van der Waals surface area contributed by atoms with Crippen molar-refractivity contribution in [2.45, 2.75) is 71.6 Å². The van der Waals surface area contributed by atoms with Gasteiger partial charge in [0.25, 0.3) is 0 Å². The Morgan fingerprint density at radius 1 is 1.25 bits per heavy atom. The smallest absolute Gasteiger partial charge is 0.0677 e. The number of hydrogen-bond acceptors (Lipinski definition) is 2. The van der Waals surface area contributed by atoms with E-state index >= 15 is 0 Å². The third-order valence-electron chi connectivity index (χ3n) is 3.73. The standard InChI is InChI=1S/C14H29NO/c1-10(2)8-12(15-7)11-9-13(3,4)16-14(11,5)6/h10-12,15H,8-9H2,1-7H3. The van der Waals surface area contributed by atoms with E-state index in [1.807, 2.05) is 0 Å². The van der Waals surface area contributed by atoms with Gasteiger partial charge in [0.05, 0.1) is 11.2 Å². The molecule has 0 aromatic carbocycles. The summed E-state index contributed by atoms with van der Waals surface area (Å²) in [6, 6.07) is 0.566. The lowest BCUT2D eigenvalue weighted by atomic mass is 9.79. The molecular weight excluding hydrogens is 198 g/mol. The highest BCUT2D eigenvalue weighted by Crippen LogP contribution is 2.44. The lowest BCUT2D eigenvalue weighted by Gasteiger charge is -2.33. The molecule has 1 rings (SSSR count). The summed E-state index contributed by atoms with van der Waals surface area (Å²) >= 11 is 0. The maximum Gasteiger partial charge on any atom is 0.0677 e. The molecule has 0 radical (unpaired) electrons. The lowest BCUT2D eigenvalue weighted by molar-refractivity contribution is -0.0779. The van der Waals surface area contributed by atoms with Crippen LogP contribution in [-0.2, 0) is 4.74 Å². The number of ether oxygens (including phenoxy) is 1. The minimum Gasteiger partial charge on any atom is -0.369 e. The van der Waals surface area contributed by atoms with E-state index in [9.17, 15) is 0 Å². The first-order valence-corrected chi connectivity index (χ1v) is 6.55. The Balaban J connectivity index is 2.77. The van der Waals surface area contributed by atoms with Crippen LogP contribution in [0, 0.1) is 11.8 Å². The molecule has 0 aliphatic carbocycles. The highest BCUT2D eigenvalue weighted by atomic mass is 16.5. The van der Waals surface area contributed by atoms with Gasteiger partial charge in [0.15, 0.2) is 0 Å². The van der Waals surface area contributed by atoms with Crippen LogP contribution in [0.5, 0.6) is 0 Å². The zero-order valence-electron chi connectivity index (χ0n) is 12.1. The molecular formula is C14H29NO. The van der Waals surface area contributed by atoms with Gasteiger partial charge >= 0.3 is 0 Å². The van der Waals surface area contributed by atoms with E-state index in [1.54, 1.807) is 0 Å². The van der Waals surface area contributed by atoms with Crippen LogP contribution in [0.1, 0.15) is 54.4 Å². The zero-order chi connectivity index (χ0) is 12.6. The van der Waals surface area contributed by atoms with Gasteiger partial charge in [-0.25, -0.2) is 0 Å². The van der Waals surface area contributed by atoms with Crippen LogP contribution in [0.4, 0.5) is 0 Å². The topological polar surface area (TPSA) is 21.3 Å². The Bertz CT molecular complexity index is 233. The van der Waals surface area contributed by atoms with E-state index in [0.29, 0.717) is 12.0 Å². The van der Waals surface area contributed by atoms with E-state index in [4.69, 9.17) is 4.74 Å². The van der Waals surface area contributed by atoms with Crippen molar-refractivity contribution in [3.8, 4) is 0 Å². The molecule has 1 aliphatic heterocycles. The summed E-state index contributed by atoms with van der Waals surface area (Å²) in [4.78, 5) is 0. The van der Waals surface area contributed by atoms with E-state index in [-0.39, 0.29) is 11.2 Å². The SMILES string of the molecule is CNC(CC(C)C)C1CC(C)(C)OC1(C)C. The van der Waals surface area contributed by atoms with Gasteiger partial charge in [0.2, 0.25) is 0 Å². The molecule has 1 heterocycles. The van der Waals surface area contributed by atoms with Gasteiger partial charge < -0.3 is 10.1 Å². The number of hydrogen-bond donors (Lipinski definition) is 1. The Kier molecular flexibility index (Phi) is 4.07. The van der Waals surface area contributed by atoms with Crippen molar-refractivity contribution in [2.24, 2.45) is 11.8 Å². The number of rotatable bonds is 4. The van der Waals surface area contributed by atoms with Gasteiger partial charge in [0.1, 0.15) is 0 Å². The van der Waals surface area contributed by atoms with Crippen LogP contribution in [-0.4, -0.2) is 24.3 Å². The lowest BCUT2D eigenvalue weighted by Crippen LogP contribution is -2.43. The fourth-order valence-corrected chi connectivity index (χ4v) is 3.22. The summed E-state index contributed by atoms with van der Waals surface area (Å²) in [6.45, 7) is 13.5. The van der Waals surface area contributed by atoms with Crippen LogP contribution in [0.3, 0.4) is 0 Å². The third-order valence-corrected chi connectivity index (χ3v) is 3.73. The first-order valence-electron chi connectivity index (χ1n) is 6.55. The van der Waals surface area contributed by atoms with Crippen molar-refractivity contribution in [1.82, 2.24) is 5.32 Å². The molecule has 2 nitrogen and oxygen atoms in total.